The summed E-state index contributed by atoms with van der Waals surface area (Å²) in [6.07, 6.45) is 6.30. The van der Waals surface area contributed by atoms with E-state index in [1.54, 1.807) is 46.3 Å². The summed E-state index contributed by atoms with van der Waals surface area (Å²) >= 11 is 0. The smallest absolute Gasteiger partial charge is 0.596 e. The standard InChI is InChI=1S/C21H26BN5O4/c1-20(2)17(28)30-22(27(20,5)21(3,4)18(29)31-22)15-7-8-16(23-13-15)14-11-24-19(25-12-14)26-9-6-10-26/h7-8,11-13H,6,9-10H2,1-5H3. The molecule has 2 aromatic heterocycles. The highest BCUT2D eigenvalue weighted by atomic mass is 16.7. The number of fused-ring (bicyclic) bond motifs is 1. The zero-order chi connectivity index (χ0) is 22.2. The Kier molecular flexibility index (Phi) is 3.88. The Morgan fingerprint density at radius 3 is 1.97 bits per heavy atom. The fraction of sp³-hybridized carbons (Fsp3) is 0.476. The van der Waals surface area contributed by atoms with E-state index < -0.39 is 29.7 Å². The lowest BCUT2D eigenvalue weighted by Crippen LogP contribution is -2.78. The van der Waals surface area contributed by atoms with Crippen LogP contribution in [-0.4, -0.2) is 69.2 Å². The van der Waals surface area contributed by atoms with Crippen LogP contribution in [0.5, 0.6) is 0 Å². The molecule has 5 heterocycles. The second-order valence-electron chi connectivity index (χ2n) is 9.77. The van der Waals surface area contributed by atoms with Crippen molar-refractivity contribution in [3.8, 4) is 11.3 Å². The fourth-order valence-electron chi connectivity index (χ4n) is 5.10. The van der Waals surface area contributed by atoms with Crippen LogP contribution in [0, 0.1) is 0 Å². The average Bonchev–Trinajstić information content (AvgIpc) is 2.96. The topological polar surface area (TPSA) is 94.5 Å². The fourth-order valence-corrected chi connectivity index (χ4v) is 5.10. The minimum Gasteiger partial charge on any atom is -0.596 e. The quantitative estimate of drug-likeness (QED) is 0.676. The first-order chi connectivity index (χ1) is 14.5. The molecule has 0 atom stereocenters. The molecule has 0 radical (unpaired) electrons. The molecule has 0 aliphatic carbocycles. The number of aromatic nitrogens is 3. The van der Waals surface area contributed by atoms with Gasteiger partial charge in [0.25, 0.3) is 0 Å². The Morgan fingerprint density at radius 1 is 0.935 bits per heavy atom. The van der Waals surface area contributed by atoms with E-state index in [4.69, 9.17) is 9.31 Å². The number of likely N-dealkylation sites (N-methyl/N-ethyl adjacent to an activating group) is 1. The van der Waals surface area contributed by atoms with Gasteiger partial charge in [-0.2, -0.15) is 0 Å². The zero-order valence-corrected chi connectivity index (χ0v) is 18.5. The molecule has 9 nitrogen and oxygen atoms in total. The van der Waals surface area contributed by atoms with E-state index in [2.05, 4.69) is 19.9 Å². The summed E-state index contributed by atoms with van der Waals surface area (Å²) < 4.78 is 11.8. The first kappa shape index (κ1) is 19.9. The first-order valence-corrected chi connectivity index (χ1v) is 10.6. The van der Waals surface area contributed by atoms with Gasteiger partial charge >= 0.3 is 18.6 Å². The van der Waals surface area contributed by atoms with Crippen molar-refractivity contribution in [2.75, 3.05) is 25.0 Å². The molecular formula is C21H26BN5O4. The van der Waals surface area contributed by atoms with Crippen molar-refractivity contribution in [3.63, 3.8) is 0 Å². The van der Waals surface area contributed by atoms with Crippen molar-refractivity contribution in [1.82, 2.24) is 15.0 Å². The van der Waals surface area contributed by atoms with Crippen LogP contribution in [0.2, 0.25) is 0 Å². The lowest BCUT2D eigenvalue weighted by Gasteiger charge is -2.54. The van der Waals surface area contributed by atoms with Gasteiger partial charge in [-0.3, -0.25) is 4.98 Å². The largest absolute Gasteiger partial charge is 0.616 e. The lowest BCUT2D eigenvalue weighted by molar-refractivity contribution is -0.885. The van der Waals surface area contributed by atoms with Crippen LogP contribution in [-0.2, 0) is 18.9 Å². The molecule has 0 amide bonds. The van der Waals surface area contributed by atoms with Crippen molar-refractivity contribution in [3.05, 3.63) is 30.7 Å². The van der Waals surface area contributed by atoms with E-state index in [9.17, 15) is 9.59 Å². The molecule has 3 aliphatic heterocycles. The number of hydrogen-bond acceptors (Lipinski definition) is 8. The van der Waals surface area contributed by atoms with Crippen LogP contribution in [0.25, 0.3) is 11.3 Å². The number of anilines is 1. The molecule has 0 spiro atoms. The number of nitrogens with zero attached hydrogens (tertiary/aromatic N) is 5. The third kappa shape index (κ3) is 2.28. The number of quaternary nitrogens is 1. The second kappa shape index (κ2) is 6.03. The van der Waals surface area contributed by atoms with E-state index in [1.165, 1.54) is 0 Å². The third-order valence-electron chi connectivity index (χ3n) is 7.82. The molecule has 10 heteroatoms. The maximum atomic E-state index is 12.8. The Bertz CT molecular complexity index is 1050. The van der Waals surface area contributed by atoms with Crippen LogP contribution >= 0.6 is 0 Å². The molecule has 0 N–H and O–H groups in total. The van der Waals surface area contributed by atoms with Gasteiger partial charge in [0.05, 0.1) is 5.69 Å². The van der Waals surface area contributed by atoms with Crippen molar-refractivity contribution in [2.24, 2.45) is 0 Å². The number of carbonyl (C=O) groups is 2. The Hall–Kier alpha value is -3.01. The maximum Gasteiger partial charge on any atom is 0.616 e. The van der Waals surface area contributed by atoms with E-state index in [0.29, 0.717) is 11.2 Å². The second-order valence-corrected chi connectivity index (χ2v) is 9.77. The number of rotatable bonds is 3. The van der Waals surface area contributed by atoms with Gasteiger partial charge in [-0.15, -0.1) is 0 Å². The van der Waals surface area contributed by atoms with Gasteiger partial charge in [-0.25, -0.2) is 19.6 Å². The minimum atomic E-state index is -2.44. The molecule has 162 valence electrons. The van der Waals surface area contributed by atoms with E-state index in [-0.39, 0.29) is 4.39 Å². The summed E-state index contributed by atoms with van der Waals surface area (Å²) in [4.78, 5) is 41.2. The summed E-state index contributed by atoms with van der Waals surface area (Å²) in [6, 6.07) is 3.63. The van der Waals surface area contributed by atoms with Crippen molar-refractivity contribution < 1.29 is 23.3 Å². The highest BCUT2D eigenvalue weighted by Gasteiger charge is 2.80. The molecule has 3 aliphatic rings. The maximum absolute atomic E-state index is 12.8. The van der Waals surface area contributed by atoms with Gasteiger partial charge in [0, 0.05) is 44.3 Å². The Labute approximate surface area is 181 Å². The van der Waals surface area contributed by atoms with Gasteiger partial charge in [-0.05, 0) is 45.6 Å². The van der Waals surface area contributed by atoms with Gasteiger partial charge in [0.1, 0.15) is 0 Å². The summed E-state index contributed by atoms with van der Waals surface area (Å²) in [7, 11) is 1.85. The number of pyridine rings is 1. The van der Waals surface area contributed by atoms with Crippen molar-refractivity contribution >= 4 is 30.0 Å². The van der Waals surface area contributed by atoms with Crippen molar-refractivity contribution in [1.29, 1.82) is 0 Å². The molecular weight excluding hydrogens is 397 g/mol. The van der Waals surface area contributed by atoms with Crippen LogP contribution in [0.1, 0.15) is 34.1 Å². The normalized spacial score (nSPS) is 30.4. The molecule has 5 rings (SSSR count). The molecule has 0 aromatic carbocycles. The molecule has 0 unspecified atom stereocenters. The highest BCUT2D eigenvalue weighted by molar-refractivity contribution is 6.79. The van der Waals surface area contributed by atoms with E-state index in [0.717, 1.165) is 31.0 Å². The number of hydrogen-bond donors (Lipinski definition) is 0. The zero-order valence-electron chi connectivity index (χ0n) is 18.5. The molecule has 0 saturated carbocycles. The van der Waals surface area contributed by atoms with Crippen molar-refractivity contribution in [2.45, 2.75) is 45.2 Å². The summed E-state index contributed by atoms with van der Waals surface area (Å²) in [5.41, 5.74) is 0.115. The molecule has 3 saturated heterocycles. The predicted molar refractivity (Wildman–Crippen MR) is 114 cm³/mol. The van der Waals surface area contributed by atoms with Crippen LogP contribution < -0.4 is 10.4 Å². The van der Waals surface area contributed by atoms with Gasteiger partial charge < -0.3 is 18.6 Å². The highest BCUT2D eigenvalue weighted by Crippen LogP contribution is 2.51. The van der Waals surface area contributed by atoms with Crippen LogP contribution in [0.3, 0.4) is 0 Å². The summed E-state index contributed by atoms with van der Waals surface area (Å²) in [6.45, 7) is 6.69. The van der Waals surface area contributed by atoms with Gasteiger partial charge in [0.15, 0.2) is 11.1 Å². The first-order valence-electron chi connectivity index (χ1n) is 10.6. The van der Waals surface area contributed by atoms with Crippen LogP contribution in [0.15, 0.2) is 30.7 Å². The Morgan fingerprint density at radius 2 is 1.52 bits per heavy atom. The summed E-state index contributed by atoms with van der Waals surface area (Å²) in [5, 5.41) is 0. The lowest BCUT2D eigenvalue weighted by atomic mass is 9.58. The average molecular weight is 423 g/mol. The minimum absolute atomic E-state index is 0.00629. The monoisotopic (exact) mass is 423 g/mol. The summed E-state index contributed by atoms with van der Waals surface area (Å²) in [5.74, 6) is -0.0635. The molecule has 3 fully saturated rings. The SMILES string of the molecule is CC1(C)C(=O)O[B-]2(c3ccc(-c4cnc(N5CCC5)nc4)nc3)OC(=O)C(C)(C)[N+]21C. The van der Waals surface area contributed by atoms with Crippen LogP contribution in [0.4, 0.5) is 5.95 Å². The number of carbonyl (C=O) groups excluding carboxylic acids is 2. The molecule has 31 heavy (non-hydrogen) atoms. The van der Waals surface area contributed by atoms with Gasteiger partial charge in [-0.1, -0.05) is 6.07 Å². The van der Waals surface area contributed by atoms with Gasteiger partial charge in [0.2, 0.25) is 5.95 Å². The van der Waals surface area contributed by atoms with E-state index >= 15 is 0 Å². The van der Waals surface area contributed by atoms with E-state index in [1.807, 2.05) is 19.2 Å². The third-order valence-corrected chi connectivity index (χ3v) is 7.82. The molecule has 2 aromatic rings. The predicted octanol–water partition coefficient (Wildman–Crippen LogP) is 1.01. The Balaban J connectivity index is 1.53. The molecule has 0 bridgehead atoms.